The number of benzene rings is 1. The third-order valence-electron chi connectivity index (χ3n) is 3.84. The van der Waals surface area contributed by atoms with Crippen molar-refractivity contribution in [3.05, 3.63) is 29.6 Å². The van der Waals surface area contributed by atoms with Crippen LogP contribution in [0.3, 0.4) is 0 Å². The lowest BCUT2D eigenvalue weighted by Gasteiger charge is -2.18. The highest BCUT2D eigenvalue weighted by molar-refractivity contribution is 5.29. The van der Waals surface area contributed by atoms with Gasteiger partial charge < -0.3 is 15.2 Å². The molecule has 118 valence electrons. The summed E-state index contributed by atoms with van der Waals surface area (Å²) in [5.41, 5.74) is 0.618. The van der Waals surface area contributed by atoms with Gasteiger partial charge >= 0.3 is 6.61 Å². The van der Waals surface area contributed by atoms with Crippen molar-refractivity contribution in [3.8, 4) is 5.75 Å². The fourth-order valence-corrected chi connectivity index (χ4v) is 2.72. The van der Waals surface area contributed by atoms with E-state index in [1.54, 1.807) is 0 Å². The minimum absolute atomic E-state index is 0.344. The van der Waals surface area contributed by atoms with Gasteiger partial charge in [-0.25, -0.2) is 4.39 Å². The molecule has 1 saturated carbocycles. The SMILES string of the molecule is OC(CNCc1ccc(OC(F)F)c(F)c1)C1CCCC1. The first-order chi connectivity index (χ1) is 10.1. The minimum atomic E-state index is -3.04. The maximum absolute atomic E-state index is 13.5. The molecule has 0 spiro atoms. The molecular weight excluding hydrogens is 283 g/mol. The molecule has 1 aromatic carbocycles. The Morgan fingerprint density at radius 1 is 1.29 bits per heavy atom. The van der Waals surface area contributed by atoms with Crippen LogP contribution in [-0.2, 0) is 6.54 Å². The van der Waals surface area contributed by atoms with Crippen molar-refractivity contribution < 1.29 is 23.0 Å². The van der Waals surface area contributed by atoms with Crippen LogP contribution in [0.5, 0.6) is 5.75 Å². The average Bonchev–Trinajstić information content (AvgIpc) is 2.95. The Morgan fingerprint density at radius 2 is 2.00 bits per heavy atom. The van der Waals surface area contributed by atoms with Crippen LogP contribution in [0, 0.1) is 11.7 Å². The van der Waals surface area contributed by atoms with Crippen molar-refractivity contribution in [2.45, 2.75) is 44.9 Å². The van der Waals surface area contributed by atoms with Gasteiger partial charge in [0.05, 0.1) is 6.10 Å². The first kappa shape index (κ1) is 16.1. The van der Waals surface area contributed by atoms with E-state index in [9.17, 15) is 18.3 Å². The van der Waals surface area contributed by atoms with E-state index >= 15 is 0 Å². The highest BCUT2D eigenvalue weighted by atomic mass is 19.3. The van der Waals surface area contributed by atoms with Crippen LogP contribution < -0.4 is 10.1 Å². The maximum Gasteiger partial charge on any atom is 0.387 e. The summed E-state index contributed by atoms with van der Waals surface area (Å²) < 4.78 is 41.6. The van der Waals surface area contributed by atoms with Gasteiger partial charge in [-0.1, -0.05) is 18.9 Å². The molecule has 1 atom stereocenters. The van der Waals surface area contributed by atoms with Crippen LogP contribution in [0.25, 0.3) is 0 Å². The Morgan fingerprint density at radius 3 is 2.62 bits per heavy atom. The lowest BCUT2D eigenvalue weighted by atomic mass is 10.0. The molecule has 3 nitrogen and oxygen atoms in total. The topological polar surface area (TPSA) is 41.5 Å². The highest BCUT2D eigenvalue weighted by Gasteiger charge is 2.22. The summed E-state index contributed by atoms with van der Waals surface area (Å²) in [5.74, 6) is -0.929. The third-order valence-corrected chi connectivity index (χ3v) is 3.84. The molecule has 0 saturated heterocycles. The molecule has 0 aromatic heterocycles. The van der Waals surface area contributed by atoms with Crippen LogP contribution in [0.1, 0.15) is 31.2 Å². The summed E-state index contributed by atoms with van der Waals surface area (Å²) in [4.78, 5) is 0. The minimum Gasteiger partial charge on any atom is -0.432 e. The predicted molar refractivity (Wildman–Crippen MR) is 72.7 cm³/mol. The number of hydrogen-bond donors (Lipinski definition) is 2. The predicted octanol–water partition coefficient (Wildman–Crippen LogP) is 3.07. The molecule has 0 heterocycles. The zero-order chi connectivity index (χ0) is 15.2. The van der Waals surface area contributed by atoms with E-state index in [4.69, 9.17) is 0 Å². The molecule has 1 aliphatic carbocycles. The van der Waals surface area contributed by atoms with Crippen LogP contribution in [-0.4, -0.2) is 24.4 Å². The summed E-state index contributed by atoms with van der Waals surface area (Å²) in [6, 6.07) is 3.87. The number of rotatable bonds is 7. The van der Waals surface area contributed by atoms with E-state index < -0.39 is 24.3 Å². The standard InChI is InChI=1S/C15H20F3NO2/c16-12-7-10(5-6-14(12)21-15(17)18)8-19-9-13(20)11-3-1-2-4-11/h5-7,11,13,15,19-20H,1-4,8-9H2. The molecule has 2 N–H and O–H groups in total. The van der Waals surface area contributed by atoms with Gasteiger partial charge in [0.2, 0.25) is 0 Å². The number of hydrogen-bond acceptors (Lipinski definition) is 3. The molecule has 1 unspecified atom stereocenters. The Balaban J connectivity index is 1.79. The molecule has 0 aliphatic heterocycles. The molecule has 0 amide bonds. The van der Waals surface area contributed by atoms with E-state index in [1.165, 1.54) is 25.0 Å². The van der Waals surface area contributed by atoms with Crippen molar-refractivity contribution >= 4 is 0 Å². The monoisotopic (exact) mass is 303 g/mol. The van der Waals surface area contributed by atoms with E-state index in [2.05, 4.69) is 10.1 Å². The Hall–Kier alpha value is -1.27. The van der Waals surface area contributed by atoms with E-state index in [0.717, 1.165) is 18.9 Å². The van der Waals surface area contributed by atoms with Crippen molar-refractivity contribution in [1.82, 2.24) is 5.32 Å². The average molecular weight is 303 g/mol. The highest BCUT2D eigenvalue weighted by Crippen LogP contribution is 2.27. The fraction of sp³-hybridized carbons (Fsp3) is 0.600. The molecular formula is C15H20F3NO2. The number of ether oxygens (including phenoxy) is 1. The molecule has 6 heteroatoms. The smallest absolute Gasteiger partial charge is 0.387 e. The van der Waals surface area contributed by atoms with E-state index in [0.29, 0.717) is 24.6 Å². The molecule has 1 fully saturated rings. The van der Waals surface area contributed by atoms with Crippen LogP contribution in [0.2, 0.25) is 0 Å². The summed E-state index contributed by atoms with van der Waals surface area (Å²) in [6.45, 7) is -2.22. The lowest BCUT2D eigenvalue weighted by molar-refractivity contribution is -0.0522. The van der Waals surface area contributed by atoms with Crippen molar-refractivity contribution in [2.24, 2.45) is 5.92 Å². The summed E-state index contributed by atoms with van der Waals surface area (Å²) in [5, 5.41) is 13.0. The molecule has 1 aromatic rings. The quantitative estimate of drug-likeness (QED) is 0.813. The first-order valence-electron chi connectivity index (χ1n) is 7.18. The second-order valence-electron chi connectivity index (χ2n) is 5.39. The van der Waals surface area contributed by atoms with Gasteiger partial charge in [0.1, 0.15) is 0 Å². The zero-order valence-electron chi connectivity index (χ0n) is 11.7. The van der Waals surface area contributed by atoms with Gasteiger partial charge in [0.15, 0.2) is 11.6 Å². The van der Waals surface area contributed by atoms with Gasteiger partial charge in [-0.2, -0.15) is 8.78 Å². The summed E-state index contributed by atoms with van der Waals surface area (Å²) in [6.07, 6.45) is 4.05. The largest absolute Gasteiger partial charge is 0.432 e. The maximum atomic E-state index is 13.5. The second-order valence-corrected chi connectivity index (χ2v) is 5.39. The van der Waals surface area contributed by atoms with Crippen LogP contribution >= 0.6 is 0 Å². The second kappa shape index (κ2) is 7.66. The Kier molecular flexibility index (Phi) is 5.87. The van der Waals surface area contributed by atoms with Gasteiger partial charge in [-0.3, -0.25) is 0 Å². The molecule has 0 radical (unpaired) electrons. The van der Waals surface area contributed by atoms with Gasteiger partial charge in [0.25, 0.3) is 0 Å². The molecule has 1 aliphatic rings. The molecule has 21 heavy (non-hydrogen) atoms. The fourth-order valence-electron chi connectivity index (χ4n) is 2.72. The zero-order valence-corrected chi connectivity index (χ0v) is 11.7. The van der Waals surface area contributed by atoms with Gasteiger partial charge in [-0.15, -0.1) is 0 Å². The van der Waals surface area contributed by atoms with Crippen LogP contribution in [0.15, 0.2) is 18.2 Å². The number of aliphatic hydroxyl groups excluding tert-OH is 1. The van der Waals surface area contributed by atoms with E-state index in [-0.39, 0.29) is 0 Å². The lowest BCUT2D eigenvalue weighted by Crippen LogP contribution is -2.31. The summed E-state index contributed by atoms with van der Waals surface area (Å²) in [7, 11) is 0. The summed E-state index contributed by atoms with van der Waals surface area (Å²) >= 11 is 0. The Labute approximate surface area is 122 Å². The number of nitrogens with one attached hydrogen (secondary N) is 1. The number of alkyl halides is 2. The number of aliphatic hydroxyl groups is 1. The molecule has 2 rings (SSSR count). The van der Waals surface area contributed by atoms with E-state index in [1.807, 2.05) is 0 Å². The normalized spacial score (nSPS) is 17.4. The first-order valence-corrected chi connectivity index (χ1v) is 7.18. The van der Waals surface area contributed by atoms with Crippen molar-refractivity contribution in [2.75, 3.05) is 6.54 Å². The molecule has 0 bridgehead atoms. The van der Waals surface area contributed by atoms with Crippen molar-refractivity contribution in [1.29, 1.82) is 0 Å². The van der Waals surface area contributed by atoms with Gasteiger partial charge in [0, 0.05) is 13.1 Å². The van der Waals surface area contributed by atoms with Gasteiger partial charge in [-0.05, 0) is 36.5 Å². The third kappa shape index (κ3) is 4.89. The van der Waals surface area contributed by atoms with Crippen molar-refractivity contribution in [3.63, 3.8) is 0 Å². The Bertz CT molecular complexity index is 451. The van der Waals surface area contributed by atoms with Crippen LogP contribution in [0.4, 0.5) is 13.2 Å². The number of halogens is 3.